The van der Waals surface area contributed by atoms with Crippen LogP contribution in [0.2, 0.25) is 0 Å². The third-order valence-corrected chi connectivity index (χ3v) is 12.2. The van der Waals surface area contributed by atoms with Crippen LogP contribution in [0.15, 0.2) is 194 Å². The van der Waals surface area contributed by atoms with Crippen molar-refractivity contribution in [1.82, 2.24) is 0 Å². The van der Waals surface area contributed by atoms with Crippen LogP contribution < -0.4 is 0 Å². The van der Waals surface area contributed by atoms with E-state index >= 15 is 0 Å². The zero-order valence-corrected chi connectivity index (χ0v) is 31.0. The molecule has 0 unspecified atom stereocenters. The smallest absolute Gasteiger partial charge is 0.0159 e. The predicted molar refractivity (Wildman–Crippen MR) is 236 cm³/mol. The molecule has 0 nitrogen and oxygen atoms in total. The summed E-state index contributed by atoms with van der Waals surface area (Å²) in [4.78, 5) is 0. The molecule has 0 atom stereocenters. The Morgan fingerprint density at radius 2 is 0.873 bits per heavy atom. The van der Waals surface area contributed by atoms with Gasteiger partial charge in [-0.15, -0.1) is 0 Å². The van der Waals surface area contributed by atoms with Gasteiger partial charge in [-0.1, -0.05) is 196 Å². The maximum absolute atomic E-state index is 2.51. The number of hydrogen-bond donors (Lipinski definition) is 0. The second-order valence-corrected chi connectivity index (χ2v) is 15.6. The summed E-state index contributed by atoms with van der Waals surface area (Å²) in [6.07, 6.45) is 0. The SMILES string of the molecule is CC1(C)c2ccccc2-c2c1cc(-c1ccc(-c3c4ccccc4c(-c4ccccc4)c4ccc5ccccc5c34)cc1-c1ccccc1)c1ccccc21. The van der Waals surface area contributed by atoms with Crippen molar-refractivity contribution in [2.45, 2.75) is 19.3 Å². The van der Waals surface area contributed by atoms with E-state index in [-0.39, 0.29) is 5.41 Å². The van der Waals surface area contributed by atoms with Crippen molar-refractivity contribution >= 4 is 43.1 Å². The first kappa shape index (κ1) is 31.7. The first-order valence-electron chi connectivity index (χ1n) is 19.4. The lowest BCUT2D eigenvalue weighted by Crippen LogP contribution is -2.15. The van der Waals surface area contributed by atoms with Crippen LogP contribution in [0.4, 0.5) is 0 Å². The van der Waals surface area contributed by atoms with Crippen molar-refractivity contribution in [2.24, 2.45) is 0 Å². The number of hydrogen-bond acceptors (Lipinski definition) is 0. The van der Waals surface area contributed by atoms with Gasteiger partial charge in [0.15, 0.2) is 0 Å². The summed E-state index contributed by atoms with van der Waals surface area (Å²) >= 11 is 0. The Bertz CT molecular complexity index is 3150. The lowest BCUT2D eigenvalue weighted by atomic mass is 9.79. The molecule has 0 heterocycles. The van der Waals surface area contributed by atoms with E-state index in [1.807, 2.05) is 0 Å². The van der Waals surface area contributed by atoms with Crippen molar-refractivity contribution in [1.29, 1.82) is 0 Å². The molecule has 1 aliphatic rings. The van der Waals surface area contributed by atoms with Crippen molar-refractivity contribution in [3.05, 3.63) is 205 Å². The lowest BCUT2D eigenvalue weighted by molar-refractivity contribution is 0.661. The largest absolute Gasteiger partial charge is 0.0622 e. The molecule has 10 aromatic rings. The molecule has 0 radical (unpaired) electrons. The van der Waals surface area contributed by atoms with E-state index in [0.717, 1.165) is 0 Å². The van der Waals surface area contributed by atoms with Gasteiger partial charge in [0.1, 0.15) is 0 Å². The van der Waals surface area contributed by atoms with Crippen molar-refractivity contribution < 1.29 is 0 Å². The van der Waals surface area contributed by atoms with Gasteiger partial charge in [-0.25, -0.2) is 0 Å². The van der Waals surface area contributed by atoms with E-state index in [9.17, 15) is 0 Å². The van der Waals surface area contributed by atoms with E-state index in [0.29, 0.717) is 0 Å². The van der Waals surface area contributed by atoms with Gasteiger partial charge in [-0.05, 0) is 122 Å². The van der Waals surface area contributed by atoms with Crippen LogP contribution in [0.5, 0.6) is 0 Å². The van der Waals surface area contributed by atoms with Gasteiger partial charge >= 0.3 is 0 Å². The fourth-order valence-electron chi connectivity index (χ4n) is 9.73. The molecule has 0 amide bonds. The molecule has 0 aliphatic heterocycles. The van der Waals surface area contributed by atoms with Crippen molar-refractivity contribution in [3.63, 3.8) is 0 Å². The van der Waals surface area contributed by atoms with Gasteiger partial charge < -0.3 is 0 Å². The highest BCUT2D eigenvalue weighted by molar-refractivity contribution is 6.28. The van der Waals surface area contributed by atoms with Crippen molar-refractivity contribution in [3.8, 4) is 55.6 Å². The van der Waals surface area contributed by atoms with Gasteiger partial charge in [0.05, 0.1) is 0 Å². The van der Waals surface area contributed by atoms with Crippen LogP contribution in [0.25, 0.3) is 98.7 Å². The molecule has 11 rings (SSSR count). The van der Waals surface area contributed by atoms with E-state index in [1.165, 1.54) is 110 Å². The Morgan fingerprint density at radius 1 is 0.291 bits per heavy atom. The fourth-order valence-corrected chi connectivity index (χ4v) is 9.73. The van der Waals surface area contributed by atoms with Crippen LogP contribution in [0.1, 0.15) is 25.0 Å². The Labute approximate surface area is 322 Å². The van der Waals surface area contributed by atoms with Gasteiger partial charge in [0.25, 0.3) is 0 Å². The topological polar surface area (TPSA) is 0 Å². The molecule has 0 saturated carbocycles. The van der Waals surface area contributed by atoms with E-state index in [1.54, 1.807) is 0 Å². The maximum atomic E-state index is 2.51. The Kier molecular flexibility index (Phi) is 7.00. The molecule has 0 fully saturated rings. The van der Waals surface area contributed by atoms with Gasteiger partial charge in [-0.2, -0.15) is 0 Å². The average Bonchev–Trinajstić information content (AvgIpc) is 3.48. The normalized spacial score (nSPS) is 13.1. The molecule has 0 saturated heterocycles. The Hall–Kier alpha value is -6.76. The highest BCUT2D eigenvalue weighted by atomic mass is 14.4. The quantitative estimate of drug-likeness (QED) is 0.127. The summed E-state index contributed by atoms with van der Waals surface area (Å²) in [5, 5.41) is 10.2. The Morgan fingerprint density at radius 3 is 1.62 bits per heavy atom. The van der Waals surface area contributed by atoms with Crippen LogP contribution in [-0.4, -0.2) is 0 Å². The molecule has 0 N–H and O–H groups in total. The molecule has 55 heavy (non-hydrogen) atoms. The third-order valence-electron chi connectivity index (χ3n) is 12.2. The molecule has 258 valence electrons. The highest BCUT2D eigenvalue weighted by Crippen LogP contribution is 2.54. The van der Waals surface area contributed by atoms with E-state index < -0.39 is 0 Å². The molecular weight excluding hydrogens is 661 g/mol. The fraction of sp³-hybridized carbons (Fsp3) is 0.0545. The molecule has 0 aromatic heterocycles. The second kappa shape index (κ2) is 12.1. The summed E-state index contributed by atoms with van der Waals surface area (Å²) < 4.78 is 0. The van der Waals surface area contributed by atoms with Crippen LogP contribution in [-0.2, 0) is 5.41 Å². The first-order valence-corrected chi connectivity index (χ1v) is 19.4. The predicted octanol–water partition coefficient (Wildman–Crippen LogP) is 15.3. The number of rotatable bonds is 4. The monoisotopic (exact) mass is 698 g/mol. The standard InChI is InChI=1S/C55H38/c1-55(2)49-28-16-15-27-45(49)53-42-24-12-11-23-40(42)48(34-50(53)55)41-31-30-38(33-47(41)35-17-5-3-6-18-35)52-44-26-14-13-25-43(44)51(37-20-7-4-8-21-37)46-32-29-36-19-9-10-22-39(36)54(46)52/h3-34H,1-2H3. The second-order valence-electron chi connectivity index (χ2n) is 15.6. The number of benzene rings is 10. The van der Waals surface area contributed by atoms with Crippen molar-refractivity contribution in [2.75, 3.05) is 0 Å². The summed E-state index contributed by atoms with van der Waals surface area (Å²) in [6.45, 7) is 4.77. The molecular formula is C55H38. The van der Waals surface area contributed by atoms with Gasteiger partial charge in [-0.3, -0.25) is 0 Å². The van der Waals surface area contributed by atoms with Crippen LogP contribution in [0.3, 0.4) is 0 Å². The minimum atomic E-state index is -0.114. The van der Waals surface area contributed by atoms with Crippen LogP contribution in [0, 0.1) is 0 Å². The zero-order chi connectivity index (χ0) is 36.7. The number of fused-ring (bicyclic) bond motifs is 9. The molecule has 0 spiro atoms. The summed E-state index contributed by atoms with van der Waals surface area (Å²) in [7, 11) is 0. The first-order chi connectivity index (χ1) is 27.1. The summed E-state index contributed by atoms with van der Waals surface area (Å²) in [6, 6.07) is 72.2. The highest BCUT2D eigenvalue weighted by Gasteiger charge is 2.37. The molecule has 0 heteroatoms. The van der Waals surface area contributed by atoms with Crippen LogP contribution >= 0.6 is 0 Å². The average molecular weight is 699 g/mol. The zero-order valence-electron chi connectivity index (χ0n) is 31.0. The summed E-state index contributed by atoms with van der Waals surface area (Å²) in [5.41, 5.74) is 15.4. The van der Waals surface area contributed by atoms with Gasteiger partial charge in [0.2, 0.25) is 0 Å². The van der Waals surface area contributed by atoms with Gasteiger partial charge in [0, 0.05) is 5.41 Å². The minimum absolute atomic E-state index is 0.114. The van der Waals surface area contributed by atoms with E-state index in [4.69, 9.17) is 0 Å². The lowest BCUT2D eigenvalue weighted by Gasteiger charge is -2.24. The minimum Gasteiger partial charge on any atom is -0.0622 e. The maximum Gasteiger partial charge on any atom is 0.0159 e. The Balaban J connectivity index is 1.25. The summed E-state index contributed by atoms with van der Waals surface area (Å²) in [5.74, 6) is 0. The molecule has 0 bridgehead atoms. The molecule has 10 aromatic carbocycles. The van der Waals surface area contributed by atoms with E-state index in [2.05, 4.69) is 208 Å². The molecule has 1 aliphatic carbocycles. The third kappa shape index (κ3) is 4.71.